The van der Waals surface area contributed by atoms with E-state index < -0.39 is 29.5 Å². The predicted molar refractivity (Wildman–Crippen MR) is 128 cm³/mol. The van der Waals surface area contributed by atoms with E-state index in [-0.39, 0.29) is 17.0 Å². The normalized spacial score (nSPS) is 19.2. The van der Waals surface area contributed by atoms with Gasteiger partial charge in [-0.3, -0.25) is 14.5 Å². The molecule has 184 valence electrons. The number of aliphatic hydroxyl groups is 1. The zero-order chi connectivity index (χ0) is 25.6. The van der Waals surface area contributed by atoms with Gasteiger partial charge in [0.2, 0.25) is 0 Å². The van der Waals surface area contributed by atoms with Gasteiger partial charge in [0.25, 0.3) is 11.7 Å². The lowest BCUT2D eigenvalue weighted by molar-refractivity contribution is -0.137. The molecule has 0 radical (unpaired) electrons. The van der Waals surface area contributed by atoms with Crippen molar-refractivity contribution in [1.82, 2.24) is 0 Å². The van der Waals surface area contributed by atoms with Crippen LogP contribution in [0.4, 0.5) is 18.9 Å². The van der Waals surface area contributed by atoms with Crippen LogP contribution in [0, 0.1) is 6.92 Å². The number of aryl methyl sites for hydroxylation is 2. The van der Waals surface area contributed by atoms with Crippen molar-refractivity contribution in [2.45, 2.75) is 32.0 Å². The molecule has 1 unspecified atom stereocenters. The molecule has 1 atom stereocenters. The highest BCUT2D eigenvalue weighted by Crippen LogP contribution is 2.44. The molecular weight excluding hydrogens is 471 g/mol. The number of amides is 1. The number of nitrogens with zero attached hydrogens (tertiary/aromatic N) is 1. The zero-order valence-corrected chi connectivity index (χ0v) is 19.3. The third-order valence-corrected chi connectivity index (χ3v) is 6.44. The Hall–Kier alpha value is -4.07. The molecule has 0 saturated carbocycles. The van der Waals surface area contributed by atoms with Gasteiger partial charge in [-0.15, -0.1) is 0 Å². The lowest BCUT2D eigenvalue weighted by atomic mass is 9.93. The summed E-state index contributed by atoms with van der Waals surface area (Å²) in [6, 6.07) is 15.2. The second kappa shape index (κ2) is 8.86. The maximum absolute atomic E-state index is 13.4. The summed E-state index contributed by atoms with van der Waals surface area (Å²) in [5.41, 5.74) is 1.31. The molecule has 2 heterocycles. The Morgan fingerprint density at radius 1 is 1.03 bits per heavy atom. The number of aliphatic hydroxyl groups excluding tert-OH is 1. The molecular formula is C28H22F3NO4. The largest absolute Gasteiger partial charge is 0.507 e. The maximum Gasteiger partial charge on any atom is 0.416 e. The number of ether oxygens (including phenoxy) is 1. The molecule has 0 aliphatic carbocycles. The van der Waals surface area contributed by atoms with Gasteiger partial charge in [-0.2, -0.15) is 13.2 Å². The summed E-state index contributed by atoms with van der Waals surface area (Å²) >= 11 is 0. The van der Waals surface area contributed by atoms with Crippen molar-refractivity contribution in [3.63, 3.8) is 0 Å². The SMILES string of the molecule is Cc1cccc(C2/C(=C(/O)c3ccc4c(c3)CCCO4)C(=O)C(=O)N2c2cccc(C(F)(F)F)c2)c1. The van der Waals surface area contributed by atoms with Crippen LogP contribution in [-0.2, 0) is 22.2 Å². The molecule has 0 aromatic heterocycles. The molecule has 8 heteroatoms. The lowest BCUT2D eigenvalue weighted by Crippen LogP contribution is -2.29. The Kier molecular flexibility index (Phi) is 5.82. The van der Waals surface area contributed by atoms with Gasteiger partial charge >= 0.3 is 6.18 Å². The van der Waals surface area contributed by atoms with Crippen molar-refractivity contribution in [3.05, 3.63) is 100 Å². The lowest BCUT2D eigenvalue weighted by Gasteiger charge is -2.26. The third-order valence-electron chi connectivity index (χ3n) is 6.44. The summed E-state index contributed by atoms with van der Waals surface area (Å²) in [6.07, 6.45) is -3.09. The minimum absolute atomic E-state index is 0.0867. The molecule has 3 aromatic rings. The van der Waals surface area contributed by atoms with Gasteiger partial charge in [0.15, 0.2) is 0 Å². The first-order valence-corrected chi connectivity index (χ1v) is 11.5. The van der Waals surface area contributed by atoms with Gasteiger partial charge in [-0.25, -0.2) is 0 Å². The molecule has 2 aliphatic heterocycles. The topological polar surface area (TPSA) is 66.8 Å². The summed E-state index contributed by atoms with van der Waals surface area (Å²) in [5, 5.41) is 11.3. The van der Waals surface area contributed by atoms with Crippen molar-refractivity contribution in [3.8, 4) is 5.75 Å². The van der Waals surface area contributed by atoms with Crippen LogP contribution in [0.5, 0.6) is 5.75 Å². The van der Waals surface area contributed by atoms with E-state index in [1.165, 1.54) is 12.1 Å². The minimum atomic E-state index is -4.63. The molecule has 0 bridgehead atoms. The highest BCUT2D eigenvalue weighted by Gasteiger charge is 2.47. The summed E-state index contributed by atoms with van der Waals surface area (Å²) in [6.45, 7) is 2.41. The van der Waals surface area contributed by atoms with Crippen LogP contribution in [0.3, 0.4) is 0 Å². The van der Waals surface area contributed by atoms with Crippen molar-refractivity contribution < 1.29 is 32.6 Å². The van der Waals surface area contributed by atoms with Crippen LogP contribution in [0.15, 0.2) is 72.3 Å². The molecule has 0 spiro atoms. The number of carbonyl (C=O) groups is 2. The van der Waals surface area contributed by atoms with Crippen LogP contribution in [0.1, 0.15) is 40.3 Å². The molecule has 3 aromatic carbocycles. The van der Waals surface area contributed by atoms with Gasteiger partial charge in [0.05, 0.1) is 23.8 Å². The van der Waals surface area contributed by atoms with Crippen molar-refractivity contribution in [2.24, 2.45) is 0 Å². The Bertz CT molecular complexity index is 1410. The van der Waals surface area contributed by atoms with E-state index in [9.17, 15) is 27.9 Å². The summed E-state index contributed by atoms with van der Waals surface area (Å²) in [7, 11) is 0. The Morgan fingerprint density at radius 2 is 1.81 bits per heavy atom. The van der Waals surface area contributed by atoms with Crippen molar-refractivity contribution >= 4 is 23.1 Å². The van der Waals surface area contributed by atoms with Gasteiger partial charge in [-0.05, 0) is 67.3 Å². The first-order valence-electron chi connectivity index (χ1n) is 11.5. The second-order valence-electron chi connectivity index (χ2n) is 8.91. The average Bonchev–Trinajstić information content (AvgIpc) is 3.13. The first kappa shape index (κ1) is 23.7. The van der Waals surface area contributed by atoms with Crippen LogP contribution >= 0.6 is 0 Å². The number of carbonyl (C=O) groups excluding carboxylic acids is 2. The zero-order valence-electron chi connectivity index (χ0n) is 19.3. The van der Waals surface area contributed by atoms with Crippen LogP contribution in [-0.4, -0.2) is 23.4 Å². The molecule has 5 nitrogen and oxygen atoms in total. The molecule has 5 rings (SSSR count). The smallest absolute Gasteiger partial charge is 0.416 e. The molecule has 1 fully saturated rings. The number of rotatable bonds is 3. The van der Waals surface area contributed by atoms with E-state index >= 15 is 0 Å². The van der Waals surface area contributed by atoms with Gasteiger partial charge in [-0.1, -0.05) is 35.9 Å². The molecule has 2 aliphatic rings. The number of halogens is 3. The minimum Gasteiger partial charge on any atom is -0.507 e. The molecule has 36 heavy (non-hydrogen) atoms. The monoisotopic (exact) mass is 493 g/mol. The summed E-state index contributed by atoms with van der Waals surface area (Å²) < 4.78 is 45.9. The number of Topliss-reactive ketones (excluding diaryl/α,β-unsaturated/α-hetero) is 1. The van der Waals surface area contributed by atoms with E-state index in [1.807, 2.05) is 13.0 Å². The fourth-order valence-electron chi connectivity index (χ4n) is 4.75. The Morgan fingerprint density at radius 3 is 2.56 bits per heavy atom. The van der Waals surface area contributed by atoms with E-state index in [4.69, 9.17) is 4.74 Å². The second-order valence-corrected chi connectivity index (χ2v) is 8.91. The number of anilines is 1. The average molecular weight is 493 g/mol. The quantitative estimate of drug-likeness (QED) is 0.278. The number of hydrogen-bond acceptors (Lipinski definition) is 4. The Balaban J connectivity index is 1.70. The highest BCUT2D eigenvalue weighted by molar-refractivity contribution is 6.51. The van der Waals surface area contributed by atoms with E-state index in [1.54, 1.807) is 36.4 Å². The number of alkyl halides is 3. The summed E-state index contributed by atoms with van der Waals surface area (Å²) in [4.78, 5) is 27.6. The molecule has 1 amide bonds. The van der Waals surface area contributed by atoms with E-state index in [2.05, 4.69) is 0 Å². The van der Waals surface area contributed by atoms with Crippen LogP contribution < -0.4 is 9.64 Å². The standard InChI is InChI=1S/C28H22F3NO4/c1-16-5-2-6-18(13-16)24-23(25(33)19-10-11-22-17(14-19)7-4-12-36-22)26(34)27(35)32(24)21-9-3-8-20(15-21)28(29,30)31/h2-3,5-6,8-11,13-15,24,33H,4,7,12H2,1H3/b25-23-. The van der Waals surface area contributed by atoms with Crippen LogP contribution in [0.2, 0.25) is 0 Å². The number of ketones is 1. The van der Waals surface area contributed by atoms with Crippen molar-refractivity contribution in [1.29, 1.82) is 0 Å². The fraction of sp³-hybridized carbons (Fsp3) is 0.214. The fourth-order valence-corrected chi connectivity index (χ4v) is 4.75. The van der Waals surface area contributed by atoms with Gasteiger partial charge < -0.3 is 9.84 Å². The number of hydrogen-bond donors (Lipinski definition) is 1. The van der Waals surface area contributed by atoms with Crippen molar-refractivity contribution in [2.75, 3.05) is 11.5 Å². The molecule has 1 N–H and O–H groups in total. The van der Waals surface area contributed by atoms with Gasteiger partial charge in [0, 0.05) is 11.3 Å². The highest BCUT2D eigenvalue weighted by atomic mass is 19.4. The third kappa shape index (κ3) is 4.12. The first-order chi connectivity index (χ1) is 17.1. The maximum atomic E-state index is 13.4. The van der Waals surface area contributed by atoms with E-state index in [0.717, 1.165) is 41.0 Å². The molecule has 1 saturated heterocycles. The van der Waals surface area contributed by atoms with Gasteiger partial charge in [0.1, 0.15) is 11.5 Å². The predicted octanol–water partition coefficient (Wildman–Crippen LogP) is 5.97. The van der Waals surface area contributed by atoms with Crippen LogP contribution in [0.25, 0.3) is 5.76 Å². The summed E-state index contributed by atoms with van der Waals surface area (Å²) in [5.74, 6) is -1.67. The van der Waals surface area contributed by atoms with E-state index in [0.29, 0.717) is 23.5 Å². The Labute approximate surface area is 205 Å². The number of benzene rings is 3. The number of fused-ring (bicyclic) bond motifs is 1.